The smallest absolute Gasteiger partial charge is 0.228 e. The Kier molecular flexibility index (Phi) is 5.29. The lowest BCUT2D eigenvalue weighted by atomic mass is 9.98. The van der Waals surface area contributed by atoms with Crippen LogP contribution in [0.2, 0.25) is 0 Å². The van der Waals surface area contributed by atoms with E-state index in [1.807, 2.05) is 47.4 Å². The maximum absolute atomic E-state index is 12.6. The fourth-order valence-electron chi connectivity index (χ4n) is 4.25. The van der Waals surface area contributed by atoms with Crippen LogP contribution in [0.25, 0.3) is 11.1 Å². The van der Waals surface area contributed by atoms with Crippen LogP contribution in [0.4, 0.5) is 5.69 Å². The van der Waals surface area contributed by atoms with Gasteiger partial charge in [-0.2, -0.15) is 0 Å². The molecule has 4 heteroatoms. The SMILES string of the molecule is O=C(Cc1ccc(-c2ccccc2)cc1)Nc1ccc2c(c1)CN(C(=O)C1CC1)CC2. The molecule has 0 saturated heterocycles. The van der Waals surface area contributed by atoms with E-state index in [9.17, 15) is 9.59 Å². The Labute approximate surface area is 182 Å². The Morgan fingerprint density at radius 1 is 0.871 bits per heavy atom. The van der Waals surface area contributed by atoms with Crippen LogP contribution in [0, 0.1) is 5.92 Å². The van der Waals surface area contributed by atoms with E-state index < -0.39 is 0 Å². The predicted octanol–water partition coefficient (Wildman–Crippen LogP) is 4.83. The summed E-state index contributed by atoms with van der Waals surface area (Å²) in [5.74, 6) is 0.505. The Morgan fingerprint density at radius 3 is 2.35 bits per heavy atom. The van der Waals surface area contributed by atoms with Crippen molar-refractivity contribution in [1.29, 1.82) is 0 Å². The molecule has 4 nitrogen and oxygen atoms in total. The van der Waals surface area contributed by atoms with Gasteiger partial charge < -0.3 is 10.2 Å². The largest absolute Gasteiger partial charge is 0.338 e. The molecular weight excluding hydrogens is 384 g/mol. The molecule has 31 heavy (non-hydrogen) atoms. The molecular formula is C27H26N2O2. The Bertz CT molecular complexity index is 1100. The third-order valence-electron chi connectivity index (χ3n) is 6.17. The minimum atomic E-state index is -0.0332. The van der Waals surface area contributed by atoms with Gasteiger partial charge in [-0.15, -0.1) is 0 Å². The number of benzene rings is 3. The highest BCUT2D eigenvalue weighted by Crippen LogP contribution is 2.33. The van der Waals surface area contributed by atoms with Gasteiger partial charge in [-0.1, -0.05) is 60.7 Å². The standard InChI is InChI=1S/C27H26N2O2/c30-26(16-19-6-8-21(9-7-19)20-4-2-1-3-5-20)28-25-13-12-22-14-15-29(18-24(22)17-25)27(31)23-10-11-23/h1-9,12-13,17,23H,10-11,14-16,18H2,(H,28,30). The van der Waals surface area contributed by atoms with E-state index in [1.165, 1.54) is 11.1 Å². The van der Waals surface area contributed by atoms with E-state index in [4.69, 9.17) is 0 Å². The molecule has 1 aliphatic heterocycles. The summed E-state index contributed by atoms with van der Waals surface area (Å²) < 4.78 is 0. The van der Waals surface area contributed by atoms with E-state index in [2.05, 4.69) is 35.6 Å². The van der Waals surface area contributed by atoms with Crippen molar-refractivity contribution in [1.82, 2.24) is 4.90 Å². The maximum Gasteiger partial charge on any atom is 0.228 e. The molecule has 156 valence electrons. The monoisotopic (exact) mass is 410 g/mol. The van der Waals surface area contributed by atoms with Crippen LogP contribution in [0.5, 0.6) is 0 Å². The number of hydrogen-bond acceptors (Lipinski definition) is 2. The summed E-state index contributed by atoms with van der Waals surface area (Å²) in [6, 6.07) is 24.4. The number of fused-ring (bicyclic) bond motifs is 1. The van der Waals surface area contributed by atoms with Crippen molar-refractivity contribution in [2.75, 3.05) is 11.9 Å². The maximum atomic E-state index is 12.6. The highest BCUT2D eigenvalue weighted by Gasteiger charge is 2.34. The van der Waals surface area contributed by atoms with E-state index >= 15 is 0 Å². The first-order valence-corrected chi connectivity index (χ1v) is 11.0. The Morgan fingerprint density at radius 2 is 1.61 bits per heavy atom. The van der Waals surface area contributed by atoms with Crippen molar-refractivity contribution in [3.63, 3.8) is 0 Å². The summed E-state index contributed by atoms with van der Waals surface area (Å²) in [6.07, 6.45) is 3.28. The minimum Gasteiger partial charge on any atom is -0.338 e. The molecule has 1 heterocycles. The van der Waals surface area contributed by atoms with Gasteiger partial charge in [0.1, 0.15) is 0 Å². The molecule has 0 unspecified atom stereocenters. The van der Waals surface area contributed by atoms with Gasteiger partial charge in [-0.05, 0) is 59.2 Å². The van der Waals surface area contributed by atoms with Crippen LogP contribution in [0.3, 0.4) is 0 Å². The quantitative estimate of drug-likeness (QED) is 0.655. The van der Waals surface area contributed by atoms with Crippen LogP contribution in [0.1, 0.15) is 29.5 Å². The molecule has 2 amide bonds. The third-order valence-corrected chi connectivity index (χ3v) is 6.17. The lowest BCUT2D eigenvalue weighted by Gasteiger charge is -2.29. The zero-order valence-electron chi connectivity index (χ0n) is 17.5. The average molecular weight is 411 g/mol. The van der Waals surface area contributed by atoms with Gasteiger partial charge in [0, 0.05) is 24.7 Å². The summed E-state index contributed by atoms with van der Waals surface area (Å²) in [4.78, 5) is 27.0. The molecule has 3 aromatic carbocycles. The van der Waals surface area contributed by atoms with Crippen molar-refractivity contribution in [3.8, 4) is 11.1 Å². The van der Waals surface area contributed by atoms with E-state index in [-0.39, 0.29) is 11.8 Å². The summed E-state index contributed by atoms with van der Waals surface area (Å²) in [5, 5.41) is 3.02. The van der Waals surface area contributed by atoms with Crippen LogP contribution >= 0.6 is 0 Å². The molecule has 0 radical (unpaired) electrons. The molecule has 2 aliphatic rings. The molecule has 1 fully saturated rings. The zero-order chi connectivity index (χ0) is 21.2. The van der Waals surface area contributed by atoms with Crippen LogP contribution in [-0.4, -0.2) is 23.3 Å². The lowest BCUT2D eigenvalue weighted by Crippen LogP contribution is -2.36. The second kappa shape index (κ2) is 8.38. The summed E-state index contributed by atoms with van der Waals surface area (Å²) in [6.45, 7) is 1.45. The summed E-state index contributed by atoms with van der Waals surface area (Å²) >= 11 is 0. The summed E-state index contributed by atoms with van der Waals surface area (Å²) in [5.41, 5.74) is 6.51. The van der Waals surface area contributed by atoms with Crippen molar-refractivity contribution in [3.05, 3.63) is 89.5 Å². The van der Waals surface area contributed by atoms with Gasteiger partial charge >= 0.3 is 0 Å². The highest BCUT2D eigenvalue weighted by molar-refractivity contribution is 5.92. The van der Waals surface area contributed by atoms with Crippen molar-refractivity contribution in [2.45, 2.75) is 32.2 Å². The van der Waals surface area contributed by atoms with Gasteiger partial charge in [-0.25, -0.2) is 0 Å². The number of carbonyl (C=O) groups excluding carboxylic acids is 2. The number of nitrogens with zero attached hydrogens (tertiary/aromatic N) is 1. The highest BCUT2D eigenvalue weighted by atomic mass is 16.2. The number of anilines is 1. The molecule has 3 aromatic rings. The second-order valence-corrected chi connectivity index (χ2v) is 8.56. The van der Waals surface area contributed by atoms with Gasteiger partial charge in [0.05, 0.1) is 6.42 Å². The first-order valence-electron chi connectivity index (χ1n) is 11.0. The van der Waals surface area contributed by atoms with Gasteiger partial charge in [-0.3, -0.25) is 9.59 Å². The normalized spacial score (nSPS) is 15.3. The fraction of sp³-hybridized carbons (Fsp3) is 0.259. The Hall–Kier alpha value is -3.40. The van der Waals surface area contributed by atoms with Gasteiger partial charge in [0.2, 0.25) is 11.8 Å². The molecule has 1 aliphatic carbocycles. The van der Waals surface area contributed by atoms with Crippen molar-refractivity contribution >= 4 is 17.5 Å². The van der Waals surface area contributed by atoms with E-state index in [1.54, 1.807) is 0 Å². The number of hydrogen-bond donors (Lipinski definition) is 1. The van der Waals surface area contributed by atoms with Crippen molar-refractivity contribution in [2.24, 2.45) is 5.92 Å². The number of amides is 2. The zero-order valence-corrected chi connectivity index (χ0v) is 17.5. The van der Waals surface area contributed by atoms with Crippen LogP contribution in [-0.2, 0) is 29.0 Å². The van der Waals surface area contributed by atoms with E-state index in [0.717, 1.165) is 48.2 Å². The first-order chi connectivity index (χ1) is 15.2. The first kappa shape index (κ1) is 19.6. The van der Waals surface area contributed by atoms with Crippen molar-refractivity contribution < 1.29 is 9.59 Å². The number of nitrogens with one attached hydrogen (secondary N) is 1. The average Bonchev–Trinajstić information content (AvgIpc) is 3.65. The van der Waals surface area contributed by atoms with Crippen LogP contribution < -0.4 is 5.32 Å². The number of rotatable bonds is 5. The molecule has 0 spiro atoms. The minimum absolute atomic E-state index is 0.0332. The number of carbonyl (C=O) groups is 2. The summed E-state index contributed by atoms with van der Waals surface area (Å²) in [7, 11) is 0. The molecule has 1 N–H and O–H groups in total. The molecule has 1 saturated carbocycles. The second-order valence-electron chi connectivity index (χ2n) is 8.56. The molecule has 0 bridgehead atoms. The third kappa shape index (κ3) is 4.53. The molecule has 5 rings (SSSR count). The van der Waals surface area contributed by atoms with Gasteiger partial charge in [0.15, 0.2) is 0 Å². The fourth-order valence-corrected chi connectivity index (χ4v) is 4.25. The molecule has 0 aromatic heterocycles. The topological polar surface area (TPSA) is 49.4 Å². The lowest BCUT2D eigenvalue weighted by molar-refractivity contribution is -0.133. The van der Waals surface area contributed by atoms with Gasteiger partial charge in [0.25, 0.3) is 0 Å². The Balaban J connectivity index is 1.22. The van der Waals surface area contributed by atoms with E-state index in [0.29, 0.717) is 18.9 Å². The predicted molar refractivity (Wildman–Crippen MR) is 122 cm³/mol. The molecule has 0 atom stereocenters. The van der Waals surface area contributed by atoms with Crippen LogP contribution in [0.15, 0.2) is 72.8 Å².